The van der Waals surface area contributed by atoms with Crippen molar-refractivity contribution in [1.82, 2.24) is 4.98 Å². The lowest BCUT2D eigenvalue weighted by molar-refractivity contribution is 1.50. The highest BCUT2D eigenvalue weighted by molar-refractivity contribution is 7.79. The fourth-order valence-electron chi connectivity index (χ4n) is 3.05. The Morgan fingerprint density at radius 3 is 1.74 bits per heavy atom. The molecule has 1 nitrogen and oxygen atoms in total. The van der Waals surface area contributed by atoms with Gasteiger partial charge in [0.25, 0.3) is 0 Å². The second-order valence-electron chi connectivity index (χ2n) is 5.65. The van der Waals surface area contributed by atoms with Gasteiger partial charge in [-0.15, -0.1) is 0 Å². The molecular formula is C21H18NP. The average molecular weight is 315 g/mol. The number of aryl methyl sites for hydroxylation is 1. The number of hydrogen-bond donors (Lipinski definition) is 1. The van der Waals surface area contributed by atoms with Crippen LogP contribution in [0.3, 0.4) is 0 Å². The maximum absolute atomic E-state index is 3.69. The van der Waals surface area contributed by atoms with Crippen molar-refractivity contribution in [2.45, 2.75) is 6.92 Å². The molecule has 4 rings (SSSR count). The van der Waals surface area contributed by atoms with Crippen molar-refractivity contribution in [2.75, 3.05) is 0 Å². The number of aromatic amines is 1. The van der Waals surface area contributed by atoms with Crippen LogP contribution in [0.15, 0.2) is 84.9 Å². The summed E-state index contributed by atoms with van der Waals surface area (Å²) in [5.74, 6) is 0. The lowest BCUT2D eigenvalue weighted by Crippen LogP contribution is -2.22. The maximum Gasteiger partial charge on any atom is 0.0515 e. The Labute approximate surface area is 137 Å². The molecule has 1 N–H and O–H groups in total. The molecule has 112 valence electrons. The number of para-hydroxylation sites is 1. The predicted octanol–water partition coefficient (Wildman–Crippen LogP) is 4.23. The van der Waals surface area contributed by atoms with Crippen molar-refractivity contribution in [1.29, 1.82) is 0 Å². The predicted molar refractivity (Wildman–Crippen MR) is 102 cm³/mol. The first-order valence-corrected chi connectivity index (χ1v) is 9.16. The van der Waals surface area contributed by atoms with Gasteiger partial charge in [0.05, 0.1) is 5.44 Å². The Kier molecular flexibility index (Phi) is 3.73. The molecule has 0 aliphatic carbocycles. The van der Waals surface area contributed by atoms with Crippen LogP contribution in [0.1, 0.15) is 5.56 Å². The monoisotopic (exact) mass is 315 g/mol. The maximum atomic E-state index is 3.69. The zero-order valence-electron chi connectivity index (χ0n) is 13.0. The van der Waals surface area contributed by atoms with Crippen molar-refractivity contribution in [3.05, 3.63) is 90.5 Å². The van der Waals surface area contributed by atoms with Crippen molar-refractivity contribution >= 4 is 34.9 Å². The first-order chi connectivity index (χ1) is 11.3. The Morgan fingerprint density at radius 1 is 0.652 bits per heavy atom. The van der Waals surface area contributed by atoms with Crippen LogP contribution in [-0.2, 0) is 0 Å². The Hall–Kier alpha value is -2.37. The molecule has 2 heteroatoms. The topological polar surface area (TPSA) is 15.8 Å². The van der Waals surface area contributed by atoms with E-state index in [1.807, 2.05) is 0 Å². The minimum Gasteiger partial charge on any atom is -0.354 e. The van der Waals surface area contributed by atoms with E-state index in [4.69, 9.17) is 0 Å². The van der Waals surface area contributed by atoms with Crippen molar-refractivity contribution < 1.29 is 0 Å². The number of hydrogen-bond acceptors (Lipinski definition) is 0. The Balaban J connectivity index is 1.96. The molecule has 0 spiro atoms. The number of benzene rings is 3. The normalized spacial score (nSPS) is 11.2. The molecule has 0 aliphatic rings. The third kappa shape index (κ3) is 2.58. The molecule has 0 fully saturated rings. The van der Waals surface area contributed by atoms with Gasteiger partial charge in [0.1, 0.15) is 0 Å². The highest BCUT2D eigenvalue weighted by Gasteiger charge is 2.21. The smallest absolute Gasteiger partial charge is 0.0515 e. The Morgan fingerprint density at radius 2 is 1.17 bits per heavy atom. The van der Waals surface area contributed by atoms with Gasteiger partial charge in [-0.1, -0.05) is 78.9 Å². The van der Waals surface area contributed by atoms with Crippen LogP contribution in [-0.4, -0.2) is 4.98 Å². The van der Waals surface area contributed by atoms with E-state index in [0.717, 1.165) is 0 Å². The van der Waals surface area contributed by atoms with Gasteiger partial charge in [-0.3, -0.25) is 0 Å². The van der Waals surface area contributed by atoms with Crippen LogP contribution in [0.2, 0.25) is 0 Å². The molecule has 0 unspecified atom stereocenters. The molecule has 1 heterocycles. The third-order valence-electron chi connectivity index (χ3n) is 4.19. The summed E-state index contributed by atoms with van der Waals surface area (Å²) in [5, 5.41) is 4.08. The number of rotatable bonds is 3. The van der Waals surface area contributed by atoms with E-state index in [1.54, 1.807) is 0 Å². The van der Waals surface area contributed by atoms with Gasteiger partial charge in [-0.25, -0.2) is 0 Å². The van der Waals surface area contributed by atoms with E-state index >= 15 is 0 Å². The van der Waals surface area contributed by atoms with Crippen molar-refractivity contribution in [2.24, 2.45) is 0 Å². The Bertz CT molecular complexity index is 886. The van der Waals surface area contributed by atoms with E-state index in [2.05, 4.69) is 96.8 Å². The van der Waals surface area contributed by atoms with Gasteiger partial charge in [0.15, 0.2) is 0 Å². The third-order valence-corrected chi connectivity index (χ3v) is 6.72. The fourth-order valence-corrected chi connectivity index (χ4v) is 5.50. The van der Waals surface area contributed by atoms with Crippen LogP contribution >= 0.6 is 7.92 Å². The summed E-state index contributed by atoms with van der Waals surface area (Å²) in [6, 6.07) is 30.2. The van der Waals surface area contributed by atoms with Crippen LogP contribution in [0.4, 0.5) is 0 Å². The summed E-state index contributed by atoms with van der Waals surface area (Å²) in [6.07, 6.45) is 0. The van der Waals surface area contributed by atoms with E-state index in [9.17, 15) is 0 Å². The molecule has 23 heavy (non-hydrogen) atoms. The summed E-state index contributed by atoms with van der Waals surface area (Å²) in [6.45, 7) is 2.23. The zero-order valence-corrected chi connectivity index (χ0v) is 13.9. The van der Waals surface area contributed by atoms with E-state index < -0.39 is 7.92 Å². The molecule has 1 aromatic heterocycles. The second-order valence-corrected chi connectivity index (χ2v) is 7.80. The minimum absolute atomic E-state index is 0.569. The highest BCUT2D eigenvalue weighted by Crippen LogP contribution is 2.35. The number of aromatic nitrogens is 1. The van der Waals surface area contributed by atoms with Gasteiger partial charge >= 0.3 is 0 Å². The first kappa shape index (κ1) is 14.2. The molecule has 0 amide bonds. The van der Waals surface area contributed by atoms with Gasteiger partial charge in [-0.2, -0.15) is 0 Å². The summed E-state index contributed by atoms with van der Waals surface area (Å²) in [7, 11) is -0.569. The summed E-state index contributed by atoms with van der Waals surface area (Å²) in [4.78, 5) is 3.69. The van der Waals surface area contributed by atoms with Crippen LogP contribution < -0.4 is 16.0 Å². The van der Waals surface area contributed by atoms with Gasteiger partial charge in [-0.05, 0) is 29.2 Å². The number of H-pyrrole nitrogens is 1. The van der Waals surface area contributed by atoms with Gasteiger partial charge in [0, 0.05) is 18.8 Å². The summed E-state index contributed by atoms with van der Waals surface area (Å²) < 4.78 is 0. The first-order valence-electron chi connectivity index (χ1n) is 7.82. The minimum atomic E-state index is -0.569. The van der Waals surface area contributed by atoms with E-state index in [0.29, 0.717) is 0 Å². The van der Waals surface area contributed by atoms with Crippen molar-refractivity contribution in [3.63, 3.8) is 0 Å². The molecule has 0 atom stereocenters. The molecule has 0 aliphatic heterocycles. The standard InChI is InChI=1S/C21H18NP/c1-16-19-14-8-9-15-20(19)22-21(16)23(17-10-4-2-5-11-17)18-12-6-3-7-13-18/h2-15,22H,1H3. The van der Waals surface area contributed by atoms with Crippen molar-refractivity contribution in [3.8, 4) is 0 Å². The molecule has 0 saturated carbocycles. The largest absolute Gasteiger partial charge is 0.354 e. The van der Waals surface area contributed by atoms with Gasteiger partial charge in [0.2, 0.25) is 0 Å². The number of fused-ring (bicyclic) bond motifs is 1. The second kappa shape index (κ2) is 6.02. The van der Waals surface area contributed by atoms with Crippen LogP contribution in [0.25, 0.3) is 10.9 Å². The summed E-state index contributed by atoms with van der Waals surface area (Å²) >= 11 is 0. The molecule has 0 saturated heterocycles. The highest BCUT2D eigenvalue weighted by atomic mass is 31.1. The SMILES string of the molecule is Cc1c(P(c2ccccc2)c2ccccc2)[nH]c2ccccc12. The summed E-state index contributed by atoms with van der Waals surface area (Å²) in [5.41, 5.74) is 3.93. The molecular weight excluding hydrogens is 297 g/mol. The van der Waals surface area contributed by atoms with Crippen LogP contribution in [0.5, 0.6) is 0 Å². The molecule has 3 aromatic carbocycles. The number of nitrogens with one attached hydrogen (secondary N) is 1. The quantitative estimate of drug-likeness (QED) is 0.544. The molecule has 4 aromatic rings. The lowest BCUT2D eigenvalue weighted by atomic mass is 10.2. The van der Waals surface area contributed by atoms with E-state index in [-0.39, 0.29) is 0 Å². The van der Waals surface area contributed by atoms with E-state index in [1.165, 1.54) is 32.5 Å². The zero-order chi connectivity index (χ0) is 15.6. The molecule has 0 radical (unpaired) electrons. The van der Waals surface area contributed by atoms with Gasteiger partial charge < -0.3 is 4.98 Å². The average Bonchev–Trinajstić information content (AvgIpc) is 2.94. The lowest BCUT2D eigenvalue weighted by Gasteiger charge is -2.18. The van der Waals surface area contributed by atoms with Crippen LogP contribution in [0, 0.1) is 6.92 Å². The molecule has 0 bridgehead atoms. The fraction of sp³-hybridized carbons (Fsp3) is 0.0476.